The molecule has 0 aliphatic carbocycles. The number of benzene rings is 2. The molecule has 0 aromatic heterocycles. The lowest BCUT2D eigenvalue weighted by molar-refractivity contribution is -0.120. The molecule has 1 atom stereocenters. The van der Waals surface area contributed by atoms with Gasteiger partial charge in [0.1, 0.15) is 0 Å². The lowest BCUT2D eigenvalue weighted by Gasteiger charge is -2.39. The summed E-state index contributed by atoms with van der Waals surface area (Å²) in [5, 5.41) is 3.10. The number of carbonyl (C=O) groups excluding carboxylic acids is 1. The molecule has 2 aromatic carbocycles. The molecule has 1 heterocycles. The highest BCUT2D eigenvalue weighted by Gasteiger charge is 2.26. The Bertz CT molecular complexity index is 800. The highest BCUT2D eigenvalue weighted by Crippen LogP contribution is 2.26. The molecule has 3 rings (SSSR count). The zero-order valence-corrected chi connectivity index (χ0v) is 17.5. The fraction of sp³-hybridized carbons (Fsp3) is 0.409. The highest BCUT2D eigenvalue weighted by molar-refractivity contribution is 7.98. The summed E-state index contributed by atoms with van der Waals surface area (Å²) in [4.78, 5) is 18.6. The number of hydrogen-bond acceptors (Lipinski definition) is 4. The van der Waals surface area contributed by atoms with Crippen molar-refractivity contribution in [3.63, 3.8) is 0 Å². The van der Waals surface area contributed by atoms with Crippen molar-refractivity contribution in [1.29, 1.82) is 0 Å². The molecule has 1 N–H and O–H groups in total. The van der Waals surface area contributed by atoms with Gasteiger partial charge in [-0.3, -0.25) is 9.69 Å². The lowest BCUT2D eigenvalue weighted by atomic mass is 10.1. The van der Waals surface area contributed by atoms with E-state index in [-0.39, 0.29) is 11.9 Å². The quantitative estimate of drug-likeness (QED) is 0.786. The molecule has 1 aliphatic rings. The van der Waals surface area contributed by atoms with Crippen LogP contribution in [0.2, 0.25) is 0 Å². The number of nitrogens with one attached hydrogen (secondary N) is 1. The van der Waals surface area contributed by atoms with Crippen LogP contribution in [0.3, 0.4) is 0 Å². The van der Waals surface area contributed by atoms with Crippen molar-refractivity contribution >= 4 is 29.0 Å². The van der Waals surface area contributed by atoms with Gasteiger partial charge >= 0.3 is 0 Å². The monoisotopic (exact) mass is 383 g/mol. The minimum absolute atomic E-state index is 0.0664. The minimum Gasteiger partial charge on any atom is -0.369 e. The smallest absolute Gasteiger partial charge is 0.241 e. The molecule has 5 heteroatoms. The van der Waals surface area contributed by atoms with E-state index in [2.05, 4.69) is 47.2 Å². The standard InChI is InChI=1S/C22H29N3OS/c1-16-8-7-10-20(17(16)2)25-14-12-24(13-15-25)18(3)22(26)23-19-9-5-6-11-21(19)27-4/h5-11,18H,12-15H2,1-4H3,(H,23,26). The minimum atomic E-state index is -0.138. The summed E-state index contributed by atoms with van der Waals surface area (Å²) < 4.78 is 0. The molecule has 1 saturated heterocycles. The fourth-order valence-electron chi connectivity index (χ4n) is 3.58. The van der Waals surface area contributed by atoms with Crippen LogP contribution in [0.15, 0.2) is 47.4 Å². The SMILES string of the molecule is CSc1ccccc1NC(=O)C(C)N1CCN(c2cccc(C)c2C)CC1. The maximum Gasteiger partial charge on any atom is 0.241 e. The Labute approximate surface area is 166 Å². The molecule has 1 aliphatic heterocycles. The summed E-state index contributed by atoms with van der Waals surface area (Å²) in [5.74, 6) is 0.0664. The van der Waals surface area contributed by atoms with Gasteiger partial charge in [0, 0.05) is 36.8 Å². The molecular formula is C22H29N3OS. The number of amides is 1. The van der Waals surface area contributed by atoms with Crippen molar-refractivity contribution in [1.82, 2.24) is 4.90 Å². The lowest BCUT2D eigenvalue weighted by Crippen LogP contribution is -2.53. The second kappa shape index (κ2) is 8.81. The fourth-order valence-corrected chi connectivity index (χ4v) is 4.13. The van der Waals surface area contributed by atoms with Crippen molar-refractivity contribution in [2.24, 2.45) is 0 Å². The highest BCUT2D eigenvalue weighted by atomic mass is 32.2. The van der Waals surface area contributed by atoms with Gasteiger partial charge < -0.3 is 10.2 Å². The maximum absolute atomic E-state index is 12.8. The summed E-state index contributed by atoms with van der Waals surface area (Å²) in [7, 11) is 0. The zero-order chi connectivity index (χ0) is 19.4. The van der Waals surface area contributed by atoms with Gasteiger partial charge in [-0.15, -0.1) is 11.8 Å². The molecule has 0 bridgehead atoms. The van der Waals surface area contributed by atoms with Crippen molar-refractivity contribution in [3.05, 3.63) is 53.6 Å². The number of rotatable bonds is 5. The van der Waals surface area contributed by atoms with E-state index in [1.165, 1.54) is 16.8 Å². The van der Waals surface area contributed by atoms with E-state index < -0.39 is 0 Å². The number of para-hydroxylation sites is 1. The van der Waals surface area contributed by atoms with Gasteiger partial charge in [-0.05, 0) is 56.4 Å². The first kappa shape index (κ1) is 19.8. The zero-order valence-electron chi connectivity index (χ0n) is 16.7. The summed E-state index contributed by atoms with van der Waals surface area (Å²) in [6.07, 6.45) is 2.03. The number of piperazine rings is 1. The van der Waals surface area contributed by atoms with Crippen LogP contribution in [-0.4, -0.2) is 49.3 Å². The molecular weight excluding hydrogens is 354 g/mol. The van der Waals surface area contributed by atoms with E-state index in [0.29, 0.717) is 0 Å². The van der Waals surface area contributed by atoms with Crippen LogP contribution in [0.4, 0.5) is 11.4 Å². The predicted octanol–water partition coefficient (Wildman–Crippen LogP) is 4.17. The number of hydrogen-bond donors (Lipinski definition) is 1. The third kappa shape index (κ3) is 4.47. The van der Waals surface area contributed by atoms with Crippen LogP contribution in [0.25, 0.3) is 0 Å². The molecule has 1 amide bonds. The Morgan fingerprint density at radius 1 is 1.04 bits per heavy atom. The largest absolute Gasteiger partial charge is 0.369 e. The summed E-state index contributed by atoms with van der Waals surface area (Å²) in [5.41, 5.74) is 4.90. The van der Waals surface area contributed by atoms with E-state index >= 15 is 0 Å². The number of anilines is 2. The number of nitrogens with zero attached hydrogens (tertiary/aromatic N) is 2. The molecule has 0 radical (unpaired) electrons. The van der Waals surface area contributed by atoms with Crippen molar-refractivity contribution in [3.8, 4) is 0 Å². The molecule has 1 fully saturated rings. The van der Waals surface area contributed by atoms with Crippen molar-refractivity contribution in [2.75, 3.05) is 42.7 Å². The van der Waals surface area contributed by atoms with Gasteiger partial charge in [-0.1, -0.05) is 24.3 Å². The Kier molecular flexibility index (Phi) is 6.45. The van der Waals surface area contributed by atoms with E-state index in [4.69, 9.17) is 0 Å². The van der Waals surface area contributed by atoms with Gasteiger partial charge in [0.25, 0.3) is 0 Å². The molecule has 1 unspecified atom stereocenters. The van der Waals surface area contributed by atoms with Crippen molar-refractivity contribution < 1.29 is 4.79 Å². The second-order valence-electron chi connectivity index (χ2n) is 7.11. The summed E-state index contributed by atoms with van der Waals surface area (Å²) in [6, 6.07) is 14.3. The first-order valence-corrected chi connectivity index (χ1v) is 10.7. The maximum atomic E-state index is 12.8. The summed E-state index contributed by atoms with van der Waals surface area (Å²) in [6.45, 7) is 10.0. The van der Waals surface area contributed by atoms with Crippen LogP contribution in [0.1, 0.15) is 18.1 Å². The van der Waals surface area contributed by atoms with E-state index in [0.717, 1.165) is 36.8 Å². The molecule has 27 heavy (non-hydrogen) atoms. The number of carbonyl (C=O) groups is 1. The number of aryl methyl sites for hydroxylation is 1. The van der Waals surface area contributed by atoms with E-state index in [1.807, 2.05) is 37.4 Å². The topological polar surface area (TPSA) is 35.6 Å². The Morgan fingerprint density at radius 2 is 1.74 bits per heavy atom. The number of thioether (sulfide) groups is 1. The molecule has 0 saturated carbocycles. The van der Waals surface area contributed by atoms with Gasteiger partial charge in [0.2, 0.25) is 5.91 Å². The van der Waals surface area contributed by atoms with Crippen LogP contribution >= 0.6 is 11.8 Å². The van der Waals surface area contributed by atoms with Crippen molar-refractivity contribution in [2.45, 2.75) is 31.7 Å². The second-order valence-corrected chi connectivity index (χ2v) is 7.96. The van der Waals surface area contributed by atoms with Gasteiger partial charge in [0.15, 0.2) is 0 Å². The molecule has 144 valence electrons. The summed E-state index contributed by atoms with van der Waals surface area (Å²) >= 11 is 1.65. The van der Waals surface area contributed by atoms with Crippen LogP contribution in [-0.2, 0) is 4.79 Å². The van der Waals surface area contributed by atoms with E-state index in [9.17, 15) is 4.79 Å². The van der Waals surface area contributed by atoms with Crippen LogP contribution < -0.4 is 10.2 Å². The molecule has 0 spiro atoms. The average molecular weight is 384 g/mol. The normalized spacial score (nSPS) is 16.2. The Balaban J connectivity index is 1.60. The molecule has 4 nitrogen and oxygen atoms in total. The molecule has 2 aromatic rings. The first-order valence-electron chi connectivity index (χ1n) is 9.50. The van der Waals surface area contributed by atoms with Crippen LogP contribution in [0, 0.1) is 13.8 Å². The van der Waals surface area contributed by atoms with E-state index in [1.54, 1.807) is 11.8 Å². The third-order valence-electron chi connectivity index (χ3n) is 5.52. The van der Waals surface area contributed by atoms with Gasteiger partial charge in [-0.25, -0.2) is 0 Å². The predicted molar refractivity (Wildman–Crippen MR) is 116 cm³/mol. The average Bonchev–Trinajstić information content (AvgIpc) is 2.70. The third-order valence-corrected chi connectivity index (χ3v) is 6.32. The van der Waals surface area contributed by atoms with Gasteiger partial charge in [-0.2, -0.15) is 0 Å². The Hall–Kier alpha value is -1.98. The van der Waals surface area contributed by atoms with Crippen LogP contribution in [0.5, 0.6) is 0 Å². The van der Waals surface area contributed by atoms with Gasteiger partial charge in [0.05, 0.1) is 11.7 Å². The Morgan fingerprint density at radius 3 is 2.44 bits per heavy atom. The first-order chi connectivity index (χ1) is 13.0.